The molecule has 1 aromatic heterocycles. The highest BCUT2D eigenvalue weighted by atomic mass is 32.2. The van der Waals surface area contributed by atoms with Crippen LogP contribution in [0.2, 0.25) is 0 Å². The Morgan fingerprint density at radius 1 is 1.28 bits per heavy atom. The first-order chi connectivity index (χ1) is 13.9. The van der Waals surface area contributed by atoms with Gasteiger partial charge in [-0.05, 0) is 37.3 Å². The number of thioether (sulfide) groups is 1. The molecule has 3 atom stereocenters. The third-order valence-corrected chi connectivity index (χ3v) is 6.65. The van der Waals surface area contributed by atoms with E-state index in [1.165, 1.54) is 18.2 Å². The van der Waals surface area contributed by atoms with Crippen LogP contribution in [0.1, 0.15) is 54.9 Å². The molecule has 1 amide bonds. The Kier molecular flexibility index (Phi) is 7.36. The van der Waals surface area contributed by atoms with Gasteiger partial charge in [-0.15, -0.1) is 11.8 Å². The number of nitrogens with zero attached hydrogens (tertiary/aromatic N) is 1. The van der Waals surface area contributed by atoms with E-state index in [-0.39, 0.29) is 18.6 Å². The van der Waals surface area contributed by atoms with Gasteiger partial charge in [-0.2, -0.15) is 0 Å². The van der Waals surface area contributed by atoms with Crippen molar-refractivity contribution < 1.29 is 18.8 Å². The molecule has 0 aliphatic heterocycles. The van der Waals surface area contributed by atoms with Crippen molar-refractivity contribution in [2.75, 3.05) is 6.61 Å². The monoisotopic (exact) mass is 416 g/mol. The number of amides is 1. The van der Waals surface area contributed by atoms with Crippen molar-refractivity contribution in [2.24, 2.45) is 11.8 Å². The maximum atomic E-state index is 12.5. The Morgan fingerprint density at radius 2 is 2.07 bits per heavy atom. The number of nitrogens with one attached hydrogen (secondary N) is 1. The standard InChI is InChI=1S/C22H28N2O4S/c1-14-7-6-9-19(16(14)3)23-21(25)12-27-22(26)18-8-4-5-10-20(18)29-13-17-11-15(2)28-24-17/h4-5,8,10-11,14,16,19H,6-7,9,12-13H2,1-3H3,(H,23,25)/t14-,16+,19-/m1/s1. The van der Waals surface area contributed by atoms with Crippen LogP contribution >= 0.6 is 11.8 Å². The van der Waals surface area contributed by atoms with E-state index in [2.05, 4.69) is 24.3 Å². The lowest BCUT2D eigenvalue weighted by atomic mass is 9.78. The maximum Gasteiger partial charge on any atom is 0.339 e. The lowest BCUT2D eigenvalue weighted by molar-refractivity contribution is -0.125. The summed E-state index contributed by atoms with van der Waals surface area (Å²) in [5.41, 5.74) is 1.26. The molecule has 0 saturated heterocycles. The van der Waals surface area contributed by atoms with Crippen molar-refractivity contribution in [3.63, 3.8) is 0 Å². The number of aryl methyl sites for hydroxylation is 1. The van der Waals surface area contributed by atoms with Crippen LogP contribution in [-0.4, -0.2) is 29.7 Å². The number of hydrogen-bond acceptors (Lipinski definition) is 6. The van der Waals surface area contributed by atoms with Crippen LogP contribution in [0.5, 0.6) is 0 Å². The van der Waals surface area contributed by atoms with E-state index in [4.69, 9.17) is 9.26 Å². The van der Waals surface area contributed by atoms with Gasteiger partial charge in [0.15, 0.2) is 6.61 Å². The van der Waals surface area contributed by atoms with Gasteiger partial charge >= 0.3 is 5.97 Å². The molecule has 3 rings (SSSR count). The highest BCUT2D eigenvalue weighted by Gasteiger charge is 2.28. The van der Waals surface area contributed by atoms with E-state index >= 15 is 0 Å². The van der Waals surface area contributed by atoms with Gasteiger partial charge < -0.3 is 14.6 Å². The molecule has 156 valence electrons. The van der Waals surface area contributed by atoms with Crippen molar-refractivity contribution in [2.45, 2.75) is 56.7 Å². The van der Waals surface area contributed by atoms with Crippen molar-refractivity contribution in [1.29, 1.82) is 0 Å². The van der Waals surface area contributed by atoms with E-state index in [0.717, 1.165) is 29.2 Å². The Balaban J connectivity index is 1.53. The van der Waals surface area contributed by atoms with Crippen molar-refractivity contribution in [3.05, 3.63) is 47.3 Å². The summed E-state index contributed by atoms with van der Waals surface area (Å²) in [6, 6.07) is 9.24. The first-order valence-corrected chi connectivity index (χ1v) is 11.0. The minimum Gasteiger partial charge on any atom is -0.452 e. The summed E-state index contributed by atoms with van der Waals surface area (Å²) in [5.74, 6) is 1.62. The van der Waals surface area contributed by atoms with Crippen molar-refractivity contribution in [3.8, 4) is 0 Å². The van der Waals surface area contributed by atoms with Crippen LogP contribution < -0.4 is 5.32 Å². The number of ether oxygens (including phenoxy) is 1. The number of aromatic nitrogens is 1. The Morgan fingerprint density at radius 3 is 2.83 bits per heavy atom. The Hall–Kier alpha value is -2.28. The minimum absolute atomic E-state index is 0.152. The quantitative estimate of drug-likeness (QED) is 0.533. The predicted molar refractivity (Wildman–Crippen MR) is 112 cm³/mol. The largest absolute Gasteiger partial charge is 0.452 e. The van der Waals surface area contributed by atoms with Crippen LogP contribution in [-0.2, 0) is 15.3 Å². The molecule has 0 radical (unpaired) electrons. The Labute approximate surface area is 175 Å². The first kappa shape index (κ1) is 21.4. The highest BCUT2D eigenvalue weighted by molar-refractivity contribution is 7.98. The predicted octanol–water partition coefficient (Wildman–Crippen LogP) is 4.37. The van der Waals surface area contributed by atoms with Crippen LogP contribution in [0, 0.1) is 18.8 Å². The zero-order valence-electron chi connectivity index (χ0n) is 17.1. The fourth-order valence-electron chi connectivity index (χ4n) is 3.64. The second-order valence-electron chi connectivity index (χ2n) is 7.73. The van der Waals surface area contributed by atoms with Gasteiger partial charge in [0.2, 0.25) is 0 Å². The molecule has 7 heteroatoms. The number of benzene rings is 1. The number of rotatable bonds is 7. The van der Waals surface area contributed by atoms with Gasteiger partial charge in [0.25, 0.3) is 5.91 Å². The second kappa shape index (κ2) is 9.96. The number of hydrogen-bond donors (Lipinski definition) is 1. The normalized spacial score (nSPS) is 21.6. The average Bonchev–Trinajstić information content (AvgIpc) is 3.13. The first-order valence-electron chi connectivity index (χ1n) is 10.0. The SMILES string of the molecule is Cc1cc(CSc2ccccc2C(=O)OCC(=O)N[C@@H]2CCC[C@@H](C)[C@@H]2C)no1. The van der Waals surface area contributed by atoms with Crippen LogP contribution in [0.15, 0.2) is 39.8 Å². The zero-order valence-corrected chi connectivity index (χ0v) is 18.0. The molecule has 1 fully saturated rings. The summed E-state index contributed by atoms with van der Waals surface area (Å²) >= 11 is 1.48. The summed E-state index contributed by atoms with van der Waals surface area (Å²) in [6.45, 7) is 5.97. The lowest BCUT2D eigenvalue weighted by Gasteiger charge is -2.34. The van der Waals surface area contributed by atoms with Gasteiger partial charge in [-0.25, -0.2) is 4.79 Å². The molecule has 1 saturated carbocycles. The molecular formula is C22H28N2O4S. The fraction of sp³-hybridized carbons (Fsp3) is 0.500. The molecule has 6 nitrogen and oxygen atoms in total. The third kappa shape index (κ3) is 5.85. The molecule has 0 bridgehead atoms. The van der Waals surface area contributed by atoms with Crippen LogP contribution in [0.25, 0.3) is 0 Å². The molecule has 1 N–H and O–H groups in total. The molecule has 1 aliphatic carbocycles. The third-order valence-electron chi connectivity index (χ3n) is 5.55. The van der Waals surface area contributed by atoms with Crippen molar-refractivity contribution in [1.82, 2.24) is 10.5 Å². The fourth-order valence-corrected chi connectivity index (χ4v) is 4.56. The minimum atomic E-state index is -0.496. The van der Waals surface area contributed by atoms with Gasteiger partial charge in [0, 0.05) is 22.8 Å². The molecule has 1 heterocycles. The zero-order chi connectivity index (χ0) is 20.8. The van der Waals surface area contributed by atoms with E-state index in [0.29, 0.717) is 23.2 Å². The van der Waals surface area contributed by atoms with Crippen LogP contribution in [0.4, 0.5) is 0 Å². The van der Waals surface area contributed by atoms with Gasteiger partial charge in [0.05, 0.1) is 11.3 Å². The lowest BCUT2D eigenvalue weighted by Crippen LogP contribution is -2.45. The van der Waals surface area contributed by atoms with Gasteiger partial charge in [0.1, 0.15) is 5.76 Å². The molecular weight excluding hydrogens is 388 g/mol. The Bertz CT molecular complexity index is 851. The van der Waals surface area contributed by atoms with Gasteiger partial charge in [-0.1, -0.05) is 44.0 Å². The summed E-state index contributed by atoms with van der Waals surface area (Å²) in [7, 11) is 0. The number of carbonyl (C=O) groups excluding carboxylic acids is 2. The van der Waals surface area contributed by atoms with Crippen LogP contribution in [0.3, 0.4) is 0 Å². The van der Waals surface area contributed by atoms with E-state index in [1.54, 1.807) is 12.1 Å². The van der Waals surface area contributed by atoms with Crippen molar-refractivity contribution >= 4 is 23.6 Å². The molecule has 1 aromatic carbocycles. The molecule has 29 heavy (non-hydrogen) atoms. The molecule has 1 aliphatic rings. The maximum absolute atomic E-state index is 12.5. The molecule has 0 spiro atoms. The van der Waals surface area contributed by atoms with E-state index in [9.17, 15) is 9.59 Å². The van der Waals surface area contributed by atoms with E-state index in [1.807, 2.05) is 25.1 Å². The highest BCUT2D eigenvalue weighted by Crippen LogP contribution is 2.29. The smallest absolute Gasteiger partial charge is 0.339 e. The number of esters is 1. The average molecular weight is 417 g/mol. The second-order valence-corrected chi connectivity index (χ2v) is 8.75. The molecule has 2 aromatic rings. The van der Waals surface area contributed by atoms with Gasteiger partial charge in [-0.3, -0.25) is 4.79 Å². The molecule has 0 unspecified atom stereocenters. The summed E-state index contributed by atoms with van der Waals surface area (Å²) in [5, 5.41) is 7.00. The van der Waals surface area contributed by atoms with E-state index < -0.39 is 5.97 Å². The summed E-state index contributed by atoms with van der Waals surface area (Å²) < 4.78 is 10.4. The summed E-state index contributed by atoms with van der Waals surface area (Å²) in [4.78, 5) is 25.6. The number of carbonyl (C=O) groups is 2. The summed E-state index contributed by atoms with van der Waals surface area (Å²) in [6.07, 6.45) is 3.29. The topological polar surface area (TPSA) is 81.4 Å².